The van der Waals surface area contributed by atoms with Crippen LogP contribution < -0.4 is 18.9 Å². The first-order chi connectivity index (χ1) is 10.8. The van der Waals surface area contributed by atoms with Crippen molar-refractivity contribution in [3.63, 3.8) is 0 Å². The van der Waals surface area contributed by atoms with Gasteiger partial charge < -0.3 is 18.9 Å². The molecule has 4 nitrogen and oxygen atoms in total. The minimum absolute atomic E-state index is 0.635. The standard InChI is InChI=1S/C18H22O4/c1-19-15-9-3-5-11-17(15)21-13-7-8-14-22-18-12-6-4-10-16(18)20-2/h3-6,9-12H,7-8,13-14H2,1-2H3. The Morgan fingerprint density at radius 3 is 1.32 bits per heavy atom. The van der Waals surface area contributed by atoms with Crippen molar-refractivity contribution >= 4 is 0 Å². The van der Waals surface area contributed by atoms with Crippen LogP contribution in [0.1, 0.15) is 12.8 Å². The molecule has 0 bridgehead atoms. The van der Waals surface area contributed by atoms with Gasteiger partial charge in [0.05, 0.1) is 27.4 Å². The lowest BCUT2D eigenvalue weighted by molar-refractivity contribution is 0.252. The summed E-state index contributed by atoms with van der Waals surface area (Å²) >= 11 is 0. The second-order valence-electron chi connectivity index (χ2n) is 4.71. The summed E-state index contributed by atoms with van der Waals surface area (Å²) in [5.41, 5.74) is 0. The van der Waals surface area contributed by atoms with E-state index in [-0.39, 0.29) is 0 Å². The summed E-state index contributed by atoms with van der Waals surface area (Å²) in [5.74, 6) is 3.06. The molecule has 0 radical (unpaired) electrons. The minimum Gasteiger partial charge on any atom is -0.493 e. The van der Waals surface area contributed by atoms with Crippen molar-refractivity contribution in [2.24, 2.45) is 0 Å². The molecule has 0 aliphatic carbocycles. The molecule has 0 fully saturated rings. The van der Waals surface area contributed by atoms with Gasteiger partial charge in [0.25, 0.3) is 0 Å². The Morgan fingerprint density at radius 1 is 0.591 bits per heavy atom. The van der Waals surface area contributed by atoms with Gasteiger partial charge in [-0.15, -0.1) is 0 Å². The Labute approximate surface area is 131 Å². The van der Waals surface area contributed by atoms with E-state index in [9.17, 15) is 0 Å². The topological polar surface area (TPSA) is 36.9 Å². The van der Waals surface area contributed by atoms with Crippen LogP contribution in [0.2, 0.25) is 0 Å². The van der Waals surface area contributed by atoms with Gasteiger partial charge in [0, 0.05) is 0 Å². The van der Waals surface area contributed by atoms with E-state index in [1.165, 1.54) is 0 Å². The number of rotatable bonds is 9. The van der Waals surface area contributed by atoms with Gasteiger partial charge in [-0.25, -0.2) is 0 Å². The van der Waals surface area contributed by atoms with Crippen molar-refractivity contribution in [3.8, 4) is 23.0 Å². The van der Waals surface area contributed by atoms with Crippen molar-refractivity contribution in [1.82, 2.24) is 0 Å². The fraction of sp³-hybridized carbons (Fsp3) is 0.333. The smallest absolute Gasteiger partial charge is 0.161 e. The van der Waals surface area contributed by atoms with E-state index in [2.05, 4.69) is 0 Å². The maximum atomic E-state index is 5.72. The van der Waals surface area contributed by atoms with Crippen molar-refractivity contribution in [2.75, 3.05) is 27.4 Å². The molecule has 0 heterocycles. The number of hydrogen-bond donors (Lipinski definition) is 0. The summed E-state index contributed by atoms with van der Waals surface area (Å²) in [5, 5.41) is 0. The van der Waals surface area contributed by atoms with Gasteiger partial charge in [0.15, 0.2) is 23.0 Å². The van der Waals surface area contributed by atoms with Crippen LogP contribution in [0, 0.1) is 0 Å². The Morgan fingerprint density at radius 2 is 0.955 bits per heavy atom. The average Bonchev–Trinajstić information content (AvgIpc) is 2.58. The first-order valence-electron chi connectivity index (χ1n) is 7.37. The fourth-order valence-corrected chi connectivity index (χ4v) is 2.04. The van der Waals surface area contributed by atoms with E-state index in [0.717, 1.165) is 35.8 Å². The van der Waals surface area contributed by atoms with Crippen LogP contribution in [0.4, 0.5) is 0 Å². The molecule has 0 saturated heterocycles. The molecule has 0 aliphatic rings. The molecule has 0 amide bonds. The third-order valence-corrected chi connectivity index (χ3v) is 3.19. The maximum absolute atomic E-state index is 5.72. The van der Waals surface area contributed by atoms with E-state index >= 15 is 0 Å². The molecule has 0 N–H and O–H groups in total. The van der Waals surface area contributed by atoms with Crippen LogP contribution in [-0.4, -0.2) is 27.4 Å². The lowest BCUT2D eigenvalue weighted by atomic mass is 10.3. The van der Waals surface area contributed by atoms with Crippen molar-refractivity contribution in [3.05, 3.63) is 48.5 Å². The number of methoxy groups -OCH3 is 2. The van der Waals surface area contributed by atoms with Crippen LogP contribution >= 0.6 is 0 Å². The van der Waals surface area contributed by atoms with Crippen molar-refractivity contribution in [1.29, 1.82) is 0 Å². The third kappa shape index (κ3) is 4.58. The summed E-state index contributed by atoms with van der Waals surface area (Å²) in [6, 6.07) is 15.3. The highest BCUT2D eigenvalue weighted by atomic mass is 16.5. The number of para-hydroxylation sites is 4. The normalized spacial score (nSPS) is 10.1. The lowest BCUT2D eigenvalue weighted by Gasteiger charge is -2.11. The van der Waals surface area contributed by atoms with E-state index in [4.69, 9.17) is 18.9 Å². The number of hydrogen-bond acceptors (Lipinski definition) is 4. The number of ether oxygens (including phenoxy) is 4. The predicted molar refractivity (Wildman–Crippen MR) is 86.2 cm³/mol. The molecule has 0 unspecified atom stereocenters. The highest BCUT2D eigenvalue weighted by molar-refractivity contribution is 5.39. The van der Waals surface area contributed by atoms with Gasteiger partial charge in [-0.2, -0.15) is 0 Å². The summed E-state index contributed by atoms with van der Waals surface area (Å²) in [4.78, 5) is 0. The highest BCUT2D eigenvalue weighted by Gasteiger charge is 2.03. The molecule has 2 aromatic rings. The molecule has 4 heteroatoms. The molecular weight excluding hydrogens is 280 g/mol. The Balaban J connectivity index is 1.67. The minimum atomic E-state index is 0.635. The van der Waals surface area contributed by atoms with Gasteiger partial charge >= 0.3 is 0 Å². The van der Waals surface area contributed by atoms with Gasteiger partial charge in [-0.05, 0) is 37.1 Å². The maximum Gasteiger partial charge on any atom is 0.161 e. The summed E-state index contributed by atoms with van der Waals surface area (Å²) in [7, 11) is 3.28. The quantitative estimate of drug-likeness (QED) is 0.657. The number of unbranched alkanes of at least 4 members (excludes halogenated alkanes) is 1. The van der Waals surface area contributed by atoms with Crippen molar-refractivity contribution in [2.45, 2.75) is 12.8 Å². The zero-order valence-electron chi connectivity index (χ0n) is 13.1. The summed E-state index contributed by atoms with van der Waals surface area (Å²) < 4.78 is 21.9. The van der Waals surface area contributed by atoms with E-state index in [1.54, 1.807) is 14.2 Å². The molecular formula is C18H22O4. The molecule has 2 rings (SSSR count). The van der Waals surface area contributed by atoms with Crippen LogP contribution in [0.25, 0.3) is 0 Å². The molecule has 0 saturated carbocycles. The first kappa shape index (κ1) is 16.0. The molecule has 0 aliphatic heterocycles. The van der Waals surface area contributed by atoms with Gasteiger partial charge in [0.2, 0.25) is 0 Å². The van der Waals surface area contributed by atoms with Crippen LogP contribution in [0.15, 0.2) is 48.5 Å². The monoisotopic (exact) mass is 302 g/mol. The van der Waals surface area contributed by atoms with E-state index in [1.807, 2.05) is 48.5 Å². The highest BCUT2D eigenvalue weighted by Crippen LogP contribution is 2.27. The van der Waals surface area contributed by atoms with E-state index in [0.29, 0.717) is 13.2 Å². The molecule has 0 aromatic heterocycles. The van der Waals surface area contributed by atoms with Gasteiger partial charge in [-0.1, -0.05) is 24.3 Å². The second-order valence-corrected chi connectivity index (χ2v) is 4.71. The van der Waals surface area contributed by atoms with Crippen molar-refractivity contribution < 1.29 is 18.9 Å². The largest absolute Gasteiger partial charge is 0.493 e. The van der Waals surface area contributed by atoms with Crippen LogP contribution in [0.3, 0.4) is 0 Å². The molecule has 118 valence electrons. The fourth-order valence-electron chi connectivity index (χ4n) is 2.04. The number of benzene rings is 2. The lowest BCUT2D eigenvalue weighted by Crippen LogP contribution is -2.04. The molecule has 22 heavy (non-hydrogen) atoms. The SMILES string of the molecule is COc1ccccc1OCCCCOc1ccccc1OC. The predicted octanol–water partition coefficient (Wildman–Crippen LogP) is 3.94. The molecule has 0 spiro atoms. The Hall–Kier alpha value is -2.36. The molecule has 2 aromatic carbocycles. The zero-order valence-corrected chi connectivity index (χ0v) is 13.1. The Bertz CT molecular complexity index is 517. The molecule has 0 atom stereocenters. The van der Waals surface area contributed by atoms with Crippen LogP contribution in [-0.2, 0) is 0 Å². The summed E-state index contributed by atoms with van der Waals surface area (Å²) in [6.07, 6.45) is 1.82. The van der Waals surface area contributed by atoms with Crippen LogP contribution in [0.5, 0.6) is 23.0 Å². The first-order valence-corrected chi connectivity index (χ1v) is 7.37. The van der Waals surface area contributed by atoms with Gasteiger partial charge in [-0.3, -0.25) is 0 Å². The van der Waals surface area contributed by atoms with E-state index < -0.39 is 0 Å². The van der Waals surface area contributed by atoms with Gasteiger partial charge in [0.1, 0.15) is 0 Å². The third-order valence-electron chi connectivity index (χ3n) is 3.19. The zero-order chi connectivity index (χ0) is 15.6. The average molecular weight is 302 g/mol. The second kappa shape index (κ2) is 8.82. The summed E-state index contributed by atoms with van der Waals surface area (Å²) in [6.45, 7) is 1.27. The Kier molecular flexibility index (Phi) is 6.42.